The maximum absolute atomic E-state index is 11.3. The van der Waals surface area contributed by atoms with Gasteiger partial charge in [-0.15, -0.1) is 0 Å². The van der Waals surface area contributed by atoms with Crippen molar-refractivity contribution in [2.75, 3.05) is 12.9 Å². The van der Waals surface area contributed by atoms with Crippen LogP contribution in [0.25, 0.3) is 0 Å². The van der Waals surface area contributed by atoms with Gasteiger partial charge in [-0.3, -0.25) is 4.79 Å². The summed E-state index contributed by atoms with van der Waals surface area (Å²) in [6.45, 7) is 2.37. The molecule has 0 bridgehead atoms. The lowest BCUT2D eigenvalue weighted by molar-refractivity contribution is -0.141. The van der Waals surface area contributed by atoms with Crippen molar-refractivity contribution in [1.82, 2.24) is 0 Å². The molecule has 2 aliphatic carbocycles. The van der Waals surface area contributed by atoms with Gasteiger partial charge in [0.15, 0.2) is 0 Å². The molecule has 0 aliphatic heterocycles. The fraction of sp³-hybridized carbons (Fsp3) is 0.929. The molecular weight excluding hydrogens is 232 g/mol. The largest absolute Gasteiger partial charge is 0.469 e. The highest BCUT2D eigenvalue weighted by molar-refractivity contribution is 7.99. The van der Waals surface area contributed by atoms with E-state index in [2.05, 4.69) is 18.7 Å². The molecule has 2 aliphatic rings. The van der Waals surface area contributed by atoms with E-state index < -0.39 is 0 Å². The van der Waals surface area contributed by atoms with Gasteiger partial charge in [0.1, 0.15) is 0 Å². The second-order valence-corrected chi connectivity index (χ2v) is 7.25. The first-order valence-corrected chi connectivity index (χ1v) is 7.87. The number of carbonyl (C=O) groups is 1. The summed E-state index contributed by atoms with van der Waals surface area (Å²) >= 11 is 2.12. The zero-order chi connectivity index (χ0) is 12.3. The van der Waals surface area contributed by atoms with Gasteiger partial charge in [-0.2, -0.15) is 11.8 Å². The SMILES string of the molecule is COC(=O)CC1(CSC2CCCC(C)C2)CC1. The lowest BCUT2D eigenvalue weighted by atomic mass is 9.91. The summed E-state index contributed by atoms with van der Waals surface area (Å²) in [6.07, 6.45) is 8.63. The highest BCUT2D eigenvalue weighted by Gasteiger charge is 2.45. The summed E-state index contributed by atoms with van der Waals surface area (Å²) in [5.41, 5.74) is 0.304. The Morgan fingerprint density at radius 3 is 2.76 bits per heavy atom. The molecule has 0 radical (unpaired) electrons. The van der Waals surface area contributed by atoms with Crippen molar-refractivity contribution in [1.29, 1.82) is 0 Å². The van der Waals surface area contributed by atoms with Gasteiger partial charge >= 0.3 is 5.97 Å². The Labute approximate surface area is 109 Å². The van der Waals surface area contributed by atoms with E-state index in [0.29, 0.717) is 11.8 Å². The molecule has 2 atom stereocenters. The van der Waals surface area contributed by atoms with Gasteiger partial charge < -0.3 is 4.74 Å². The van der Waals surface area contributed by atoms with Crippen LogP contribution in [0.4, 0.5) is 0 Å². The minimum Gasteiger partial charge on any atom is -0.469 e. The van der Waals surface area contributed by atoms with E-state index in [-0.39, 0.29) is 5.97 Å². The number of hydrogen-bond acceptors (Lipinski definition) is 3. The van der Waals surface area contributed by atoms with Crippen molar-refractivity contribution in [2.24, 2.45) is 11.3 Å². The van der Waals surface area contributed by atoms with Gasteiger partial charge in [-0.05, 0) is 42.8 Å². The van der Waals surface area contributed by atoms with Crippen molar-refractivity contribution in [2.45, 2.75) is 57.1 Å². The van der Waals surface area contributed by atoms with Gasteiger partial charge in [0.05, 0.1) is 13.5 Å². The summed E-state index contributed by atoms with van der Waals surface area (Å²) in [6, 6.07) is 0. The van der Waals surface area contributed by atoms with Gasteiger partial charge in [0.2, 0.25) is 0 Å². The average molecular weight is 256 g/mol. The molecule has 2 unspecified atom stereocenters. The number of methoxy groups -OCH3 is 1. The van der Waals surface area contributed by atoms with Gasteiger partial charge in [0, 0.05) is 5.25 Å². The first-order chi connectivity index (χ1) is 8.13. The molecule has 2 nitrogen and oxygen atoms in total. The number of hydrogen-bond donors (Lipinski definition) is 0. The first-order valence-electron chi connectivity index (χ1n) is 6.82. The van der Waals surface area contributed by atoms with Crippen LogP contribution in [0.1, 0.15) is 51.9 Å². The van der Waals surface area contributed by atoms with Crippen LogP contribution >= 0.6 is 11.8 Å². The molecule has 3 heteroatoms. The van der Waals surface area contributed by atoms with Crippen LogP contribution in [-0.4, -0.2) is 24.1 Å². The van der Waals surface area contributed by atoms with E-state index in [1.807, 2.05) is 0 Å². The molecule has 98 valence electrons. The van der Waals surface area contributed by atoms with E-state index in [0.717, 1.165) is 11.2 Å². The second kappa shape index (κ2) is 5.64. The van der Waals surface area contributed by atoms with Crippen molar-refractivity contribution < 1.29 is 9.53 Å². The Morgan fingerprint density at radius 2 is 2.18 bits per heavy atom. The van der Waals surface area contributed by atoms with Crippen molar-refractivity contribution in [3.8, 4) is 0 Å². The lowest BCUT2D eigenvalue weighted by Gasteiger charge is -2.27. The van der Waals surface area contributed by atoms with Gasteiger partial charge in [-0.25, -0.2) is 0 Å². The van der Waals surface area contributed by atoms with Crippen LogP contribution in [-0.2, 0) is 9.53 Å². The fourth-order valence-electron chi connectivity index (χ4n) is 2.75. The maximum atomic E-state index is 11.3. The Hall–Kier alpha value is -0.180. The number of rotatable bonds is 5. The Kier molecular flexibility index (Phi) is 4.40. The minimum atomic E-state index is -0.0277. The molecule has 17 heavy (non-hydrogen) atoms. The van der Waals surface area contributed by atoms with E-state index in [1.54, 1.807) is 0 Å². The molecule has 2 saturated carbocycles. The van der Waals surface area contributed by atoms with E-state index in [9.17, 15) is 4.79 Å². The van der Waals surface area contributed by atoms with Crippen LogP contribution in [0.5, 0.6) is 0 Å². The summed E-state index contributed by atoms with van der Waals surface area (Å²) in [7, 11) is 1.49. The van der Waals surface area contributed by atoms with E-state index in [1.165, 1.54) is 51.4 Å². The molecule has 2 fully saturated rings. The second-order valence-electron chi connectivity index (χ2n) is 5.96. The van der Waals surface area contributed by atoms with Crippen LogP contribution in [0.3, 0.4) is 0 Å². The molecule has 0 aromatic heterocycles. The number of ether oxygens (including phenoxy) is 1. The maximum Gasteiger partial charge on any atom is 0.306 e. The smallest absolute Gasteiger partial charge is 0.306 e. The Balaban J connectivity index is 1.72. The van der Waals surface area contributed by atoms with Crippen LogP contribution in [0.2, 0.25) is 0 Å². The summed E-state index contributed by atoms with van der Waals surface area (Å²) in [5.74, 6) is 2.04. The number of carbonyl (C=O) groups excluding carboxylic acids is 1. The van der Waals surface area contributed by atoms with Gasteiger partial charge in [0.25, 0.3) is 0 Å². The quantitative estimate of drug-likeness (QED) is 0.702. The molecule has 0 saturated heterocycles. The third-order valence-electron chi connectivity index (χ3n) is 4.22. The predicted molar refractivity (Wildman–Crippen MR) is 72.2 cm³/mol. The lowest BCUT2D eigenvalue weighted by Crippen LogP contribution is -2.19. The molecular formula is C14H24O2S. The van der Waals surface area contributed by atoms with Crippen LogP contribution < -0.4 is 0 Å². The van der Waals surface area contributed by atoms with Gasteiger partial charge in [-0.1, -0.05) is 19.8 Å². The molecule has 0 spiro atoms. The standard InChI is InChI=1S/C14H24O2S/c1-11-4-3-5-12(8-11)17-10-14(6-7-14)9-13(15)16-2/h11-12H,3-10H2,1-2H3. The van der Waals surface area contributed by atoms with E-state index in [4.69, 9.17) is 4.74 Å². The first kappa shape index (κ1) is 13.3. The fourth-order valence-corrected chi connectivity index (χ4v) is 4.53. The zero-order valence-corrected chi connectivity index (χ0v) is 11.9. The zero-order valence-electron chi connectivity index (χ0n) is 11.0. The summed E-state index contributed by atoms with van der Waals surface area (Å²) < 4.78 is 4.79. The molecule has 2 rings (SSSR count). The Morgan fingerprint density at radius 1 is 1.41 bits per heavy atom. The van der Waals surface area contributed by atoms with Crippen molar-refractivity contribution in [3.63, 3.8) is 0 Å². The Bertz CT molecular complexity index is 273. The third-order valence-corrected chi connectivity index (χ3v) is 5.90. The minimum absolute atomic E-state index is 0.0277. The molecule has 0 aromatic carbocycles. The monoisotopic (exact) mass is 256 g/mol. The average Bonchev–Trinajstić information content (AvgIpc) is 3.07. The summed E-state index contributed by atoms with van der Waals surface area (Å²) in [5, 5.41) is 0.842. The number of esters is 1. The predicted octanol–water partition coefficient (Wildman–Crippen LogP) is 3.64. The highest BCUT2D eigenvalue weighted by atomic mass is 32.2. The third kappa shape index (κ3) is 3.90. The van der Waals surface area contributed by atoms with Crippen molar-refractivity contribution in [3.05, 3.63) is 0 Å². The van der Waals surface area contributed by atoms with E-state index >= 15 is 0 Å². The van der Waals surface area contributed by atoms with Crippen LogP contribution in [0.15, 0.2) is 0 Å². The highest BCUT2D eigenvalue weighted by Crippen LogP contribution is 2.52. The normalized spacial score (nSPS) is 30.9. The molecule has 0 aromatic rings. The molecule has 0 N–H and O–H groups in total. The molecule has 0 amide bonds. The van der Waals surface area contributed by atoms with Crippen molar-refractivity contribution >= 4 is 17.7 Å². The number of thioether (sulfide) groups is 1. The molecule has 0 heterocycles. The topological polar surface area (TPSA) is 26.3 Å². The summed E-state index contributed by atoms with van der Waals surface area (Å²) in [4.78, 5) is 11.3. The van der Waals surface area contributed by atoms with Crippen LogP contribution in [0, 0.1) is 11.3 Å².